The monoisotopic (exact) mass is 69.0 g/mol. The van der Waals surface area contributed by atoms with E-state index < -0.39 is 0 Å². The van der Waals surface area contributed by atoms with Gasteiger partial charge in [-0.2, -0.15) is 4.99 Å². The van der Waals surface area contributed by atoms with Gasteiger partial charge in [0.15, 0.2) is 0 Å². The molecule has 0 rings (SSSR count). The van der Waals surface area contributed by atoms with Crippen LogP contribution in [0.4, 0.5) is 0 Å². The summed E-state index contributed by atoms with van der Waals surface area (Å²) in [7, 11) is 0. The molecule has 0 aliphatic rings. The Morgan fingerprint density at radius 1 is 2.00 bits per heavy atom. The lowest BCUT2D eigenvalue weighted by atomic mass is 11.1. The SMILES string of the molecule is C=CN=C=O. The highest BCUT2D eigenvalue weighted by atomic mass is 16.1. The third-order valence-electron chi connectivity index (χ3n) is 0.144. The van der Waals surface area contributed by atoms with Gasteiger partial charge in [-0.15, -0.1) is 0 Å². The van der Waals surface area contributed by atoms with E-state index in [1.807, 2.05) is 0 Å². The van der Waals surface area contributed by atoms with Crippen molar-refractivity contribution in [1.82, 2.24) is 0 Å². The fourth-order valence-electron chi connectivity index (χ4n) is 0.0373. The Labute approximate surface area is 29.8 Å². The summed E-state index contributed by atoms with van der Waals surface area (Å²) in [5.74, 6) is 0. The van der Waals surface area contributed by atoms with Crippen LogP contribution in [0.5, 0.6) is 0 Å². The van der Waals surface area contributed by atoms with E-state index in [0.29, 0.717) is 0 Å². The van der Waals surface area contributed by atoms with Gasteiger partial charge >= 0.3 is 0 Å². The Kier molecular flexibility index (Phi) is 2.57. The zero-order valence-electron chi connectivity index (χ0n) is 2.64. The highest BCUT2D eigenvalue weighted by Crippen LogP contribution is 1.52. The van der Waals surface area contributed by atoms with E-state index in [9.17, 15) is 0 Å². The Morgan fingerprint density at radius 2 is 2.60 bits per heavy atom. The van der Waals surface area contributed by atoms with Crippen LogP contribution in [0.15, 0.2) is 17.8 Å². The van der Waals surface area contributed by atoms with Crippen LogP contribution < -0.4 is 0 Å². The van der Waals surface area contributed by atoms with Crippen molar-refractivity contribution in [2.45, 2.75) is 0 Å². The van der Waals surface area contributed by atoms with Crippen LogP contribution in [-0.2, 0) is 4.79 Å². The molecular formula is C3H3NO. The molecule has 0 aliphatic heterocycles. The molecule has 5 heavy (non-hydrogen) atoms. The maximum Gasteiger partial charge on any atom is 0.239 e. The van der Waals surface area contributed by atoms with Gasteiger partial charge < -0.3 is 0 Å². The Hall–Kier alpha value is -0.880. The van der Waals surface area contributed by atoms with Gasteiger partial charge in [0.25, 0.3) is 0 Å². The average molecular weight is 69.1 g/mol. The summed E-state index contributed by atoms with van der Waals surface area (Å²) in [6.45, 7) is 3.12. The van der Waals surface area contributed by atoms with E-state index in [4.69, 9.17) is 4.79 Å². The number of rotatable bonds is 1. The summed E-state index contributed by atoms with van der Waals surface area (Å²) >= 11 is 0. The summed E-state index contributed by atoms with van der Waals surface area (Å²) in [5, 5.41) is 0. The van der Waals surface area contributed by atoms with Crippen LogP contribution in [0.3, 0.4) is 0 Å². The molecule has 0 aliphatic carbocycles. The zero-order valence-corrected chi connectivity index (χ0v) is 2.64. The molecule has 0 unspecified atom stereocenters. The molecule has 2 nitrogen and oxygen atoms in total. The fourth-order valence-corrected chi connectivity index (χ4v) is 0.0373. The van der Waals surface area contributed by atoms with Crippen molar-refractivity contribution in [3.63, 3.8) is 0 Å². The summed E-state index contributed by atoms with van der Waals surface area (Å²) in [6, 6.07) is 0. The molecule has 26 valence electrons. The van der Waals surface area contributed by atoms with Gasteiger partial charge in [0.1, 0.15) is 0 Å². The molecule has 0 saturated carbocycles. The quantitative estimate of drug-likeness (QED) is 0.325. The number of hydrogen-bond acceptors (Lipinski definition) is 2. The number of isocyanates is 1. The second kappa shape index (κ2) is 3.12. The largest absolute Gasteiger partial charge is 0.239 e. The van der Waals surface area contributed by atoms with Gasteiger partial charge in [-0.05, 0) is 0 Å². The van der Waals surface area contributed by atoms with E-state index in [0.717, 1.165) is 6.20 Å². The van der Waals surface area contributed by atoms with Gasteiger partial charge in [0.2, 0.25) is 6.08 Å². The van der Waals surface area contributed by atoms with Gasteiger partial charge in [-0.3, -0.25) is 0 Å². The molecule has 0 saturated heterocycles. The molecule has 0 aromatic carbocycles. The van der Waals surface area contributed by atoms with E-state index in [-0.39, 0.29) is 0 Å². The summed E-state index contributed by atoms with van der Waals surface area (Å²) in [5.41, 5.74) is 0. The third kappa shape index (κ3) is 3.12. The molecule has 0 amide bonds. The lowest BCUT2D eigenvalue weighted by Crippen LogP contribution is -1.37. The standard InChI is InChI=1S/C3H3NO/c1-2-4-3-5/h2H,1H2. The van der Waals surface area contributed by atoms with E-state index in [1.165, 1.54) is 6.08 Å². The minimum Gasteiger partial charge on any atom is -0.211 e. The molecule has 0 bridgehead atoms. The molecule has 0 N–H and O–H groups in total. The van der Waals surface area contributed by atoms with Gasteiger partial charge in [-0.25, -0.2) is 4.79 Å². The highest BCUT2D eigenvalue weighted by molar-refractivity contribution is 5.34. The molecule has 0 atom stereocenters. The van der Waals surface area contributed by atoms with E-state index in [1.54, 1.807) is 0 Å². The third-order valence-corrected chi connectivity index (χ3v) is 0.144. The number of nitrogens with zero attached hydrogens (tertiary/aromatic N) is 1. The Bertz CT molecular complexity index is 71.0. The summed E-state index contributed by atoms with van der Waals surface area (Å²) < 4.78 is 0. The first-order valence-electron chi connectivity index (χ1n) is 1.09. The van der Waals surface area contributed by atoms with Crippen molar-refractivity contribution in [3.05, 3.63) is 12.8 Å². The predicted molar refractivity (Wildman–Crippen MR) is 18.3 cm³/mol. The second-order valence-corrected chi connectivity index (χ2v) is 0.403. The summed E-state index contributed by atoms with van der Waals surface area (Å²) in [6.07, 6.45) is 2.41. The number of aliphatic imine (C=N–C) groups is 1. The molecule has 0 aromatic heterocycles. The molecule has 0 heterocycles. The minimum atomic E-state index is 1.13. The van der Waals surface area contributed by atoms with Crippen molar-refractivity contribution in [2.75, 3.05) is 0 Å². The fraction of sp³-hybridized carbons (Fsp3) is 0. The minimum absolute atomic E-state index is 1.13. The van der Waals surface area contributed by atoms with Gasteiger partial charge in [0, 0.05) is 6.20 Å². The average Bonchev–Trinajstić information content (AvgIpc) is 1.41. The molecule has 0 radical (unpaired) electrons. The van der Waals surface area contributed by atoms with E-state index >= 15 is 0 Å². The first-order chi connectivity index (χ1) is 2.41. The Balaban J connectivity index is 3.31. The predicted octanol–water partition coefficient (Wildman–Crippen LogP) is 0.466. The van der Waals surface area contributed by atoms with Crippen LogP contribution >= 0.6 is 0 Å². The van der Waals surface area contributed by atoms with Crippen LogP contribution in [0.25, 0.3) is 0 Å². The van der Waals surface area contributed by atoms with Crippen LogP contribution in [-0.4, -0.2) is 6.08 Å². The van der Waals surface area contributed by atoms with Crippen molar-refractivity contribution in [3.8, 4) is 0 Å². The van der Waals surface area contributed by atoms with Crippen LogP contribution in [0, 0.1) is 0 Å². The van der Waals surface area contributed by atoms with Crippen molar-refractivity contribution in [2.24, 2.45) is 4.99 Å². The molecule has 0 aromatic rings. The van der Waals surface area contributed by atoms with Crippen LogP contribution in [0.1, 0.15) is 0 Å². The van der Waals surface area contributed by atoms with Gasteiger partial charge in [0.05, 0.1) is 0 Å². The highest BCUT2D eigenvalue weighted by Gasteiger charge is 1.40. The van der Waals surface area contributed by atoms with Crippen molar-refractivity contribution in [1.29, 1.82) is 0 Å². The van der Waals surface area contributed by atoms with Gasteiger partial charge in [-0.1, -0.05) is 6.58 Å². The molecule has 0 fully saturated rings. The maximum absolute atomic E-state index is 9.04. The first kappa shape index (κ1) is 4.12. The smallest absolute Gasteiger partial charge is 0.211 e. The normalized spacial score (nSPS) is 4.80. The lowest BCUT2D eigenvalue weighted by molar-refractivity contribution is 0.565. The lowest BCUT2D eigenvalue weighted by Gasteiger charge is -1.45. The topological polar surface area (TPSA) is 29.4 Å². The maximum atomic E-state index is 9.04. The first-order valence-corrected chi connectivity index (χ1v) is 1.09. The number of hydrogen-bond donors (Lipinski definition) is 0. The van der Waals surface area contributed by atoms with Crippen LogP contribution in [0.2, 0.25) is 0 Å². The van der Waals surface area contributed by atoms with E-state index in [2.05, 4.69) is 11.6 Å². The summed E-state index contributed by atoms with van der Waals surface area (Å²) in [4.78, 5) is 12.0. The molecular weight excluding hydrogens is 66.0 g/mol. The zero-order chi connectivity index (χ0) is 4.12. The molecule has 0 spiro atoms. The van der Waals surface area contributed by atoms with Crippen molar-refractivity contribution >= 4 is 6.08 Å². The number of carbonyl (C=O) groups excluding carboxylic acids is 1. The Morgan fingerprint density at radius 3 is 2.60 bits per heavy atom. The van der Waals surface area contributed by atoms with Crippen molar-refractivity contribution < 1.29 is 4.79 Å². The second-order valence-electron chi connectivity index (χ2n) is 0.403. The molecule has 2 heteroatoms.